The molecule has 1 amide bonds. The lowest BCUT2D eigenvalue weighted by molar-refractivity contribution is -0.870. The molecule has 0 fully saturated rings. The summed E-state index contributed by atoms with van der Waals surface area (Å²) in [6, 6.07) is -0.792. The van der Waals surface area contributed by atoms with Gasteiger partial charge in [0.25, 0.3) is 7.82 Å². The van der Waals surface area contributed by atoms with E-state index in [1.807, 2.05) is 21.1 Å². The molecule has 0 aliphatic carbocycles. The molecule has 3 unspecified atom stereocenters. The number of carbonyl (C=O) groups is 1. The van der Waals surface area contributed by atoms with Gasteiger partial charge in [-0.2, -0.15) is 0 Å². The van der Waals surface area contributed by atoms with Crippen LogP contribution in [0, 0.1) is 0 Å². The van der Waals surface area contributed by atoms with E-state index in [0.717, 1.165) is 44.9 Å². The zero-order valence-corrected chi connectivity index (χ0v) is 46.5. The molecule has 0 aromatic carbocycles. The number of phosphoric ester groups is 1. The lowest BCUT2D eigenvalue weighted by Crippen LogP contribution is -2.46. The lowest BCUT2D eigenvalue weighted by Gasteiger charge is -2.30. The van der Waals surface area contributed by atoms with Gasteiger partial charge >= 0.3 is 0 Å². The molecule has 0 aliphatic heterocycles. The summed E-state index contributed by atoms with van der Waals surface area (Å²) in [5.74, 6) is -0.168. The third kappa shape index (κ3) is 52.9. The Morgan fingerprint density at radius 1 is 0.507 bits per heavy atom. The first-order valence-corrected chi connectivity index (χ1v) is 31.0. The smallest absolute Gasteiger partial charge is 0.268 e. The molecule has 400 valence electrons. The molecule has 2 N–H and O–H groups in total. The maximum atomic E-state index is 12.8. The molecule has 0 saturated carbocycles. The summed E-state index contributed by atoms with van der Waals surface area (Å²) >= 11 is 0. The van der Waals surface area contributed by atoms with E-state index in [9.17, 15) is 19.4 Å². The van der Waals surface area contributed by atoms with Gasteiger partial charge in [0.1, 0.15) is 13.2 Å². The van der Waals surface area contributed by atoms with Crippen molar-refractivity contribution in [2.45, 2.75) is 315 Å². The third-order valence-corrected chi connectivity index (χ3v) is 14.7. The normalized spacial score (nSPS) is 14.0. The van der Waals surface area contributed by atoms with Crippen LogP contribution in [0.1, 0.15) is 303 Å². The lowest BCUT2D eigenvalue weighted by atomic mass is 10.0. The quantitative estimate of drug-likeness (QED) is 0.0272. The second kappa shape index (κ2) is 50.2. The first-order chi connectivity index (χ1) is 32.5. The van der Waals surface area contributed by atoms with Crippen molar-refractivity contribution in [3.63, 3.8) is 0 Å². The minimum absolute atomic E-state index is 0.0140. The molecule has 0 radical (unpaired) electrons. The Morgan fingerprint density at radius 2 is 0.821 bits per heavy atom. The molecule has 0 rings (SSSR count). The number of quaternary nitrogens is 1. The van der Waals surface area contributed by atoms with Crippen molar-refractivity contribution in [1.29, 1.82) is 0 Å². The van der Waals surface area contributed by atoms with E-state index in [1.54, 1.807) is 0 Å². The molecule has 0 aliphatic rings. The molecule has 0 aromatic rings. The van der Waals surface area contributed by atoms with Gasteiger partial charge in [0.15, 0.2) is 0 Å². The highest BCUT2D eigenvalue weighted by molar-refractivity contribution is 7.45. The predicted octanol–water partition coefficient (Wildman–Crippen LogP) is 17.2. The zero-order valence-electron chi connectivity index (χ0n) is 45.6. The van der Waals surface area contributed by atoms with Crippen molar-refractivity contribution in [3.8, 4) is 0 Å². The van der Waals surface area contributed by atoms with E-state index < -0.39 is 20.0 Å². The number of hydrogen-bond acceptors (Lipinski definition) is 6. The highest BCUT2D eigenvalue weighted by Crippen LogP contribution is 2.38. The van der Waals surface area contributed by atoms with Gasteiger partial charge in [-0.3, -0.25) is 9.36 Å². The zero-order chi connectivity index (χ0) is 49.2. The standard InChI is InChI=1S/C58H117N2O6P/c1-6-8-10-12-13-14-15-16-17-18-19-20-21-22-23-24-25-26-27-28-29-30-31-32-33-34-35-36-37-38-39-40-41-42-43-44-45-46-47-48-50-52-58(62)59-56(57(61)51-49-11-9-7-2)55-66-67(63,64)65-54-53-60(3,4)5/h18-19,56-57,61H,6-17,20-55H2,1-5H3,(H-,59,62,63,64)/b19-18-. The number of hydrogen-bond donors (Lipinski definition) is 2. The number of allylic oxidation sites excluding steroid dienone is 2. The Kier molecular flexibility index (Phi) is 49.6. The topological polar surface area (TPSA) is 108 Å². The minimum Gasteiger partial charge on any atom is -0.756 e. The molecule has 67 heavy (non-hydrogen) atoms. The van der Waals surface area contributed by atoms with Gasteiger partial charge in [-0.25, -0.2) is 0 Å². The number of phosphoric acid groups is 1. The Labute approximate surface area is 418 Å². The van der Waals surface area contributed by atoms with Gasteiger partial charge in [0.05, 0.1) is 39.9 Å². The molecular formula is C58H117N2O6P. The fourth-order valence-electron chi connectivity index (χ4n) is 9.10. The fraction of sp³-hybridized carbons (Fsp3) is 0.948. The van der Waals surface area contributed by atoms with Gasteiger partial charge < -0.3 is 28.8 Å². The molecule has 0 saturated heterocycles. The first-order valence-electron chi connectivity index (χ1n) is 29.5. The van der Waals surface area contributed by atoms with Crippen molar-refractivity contribution in [2.75, 3.05) is 40.9 Å². The van der Waals surface area contributed by atoms with Crippen molar-refractivity contribution in [3.05, 3.63) is 12.2 Å². The maximum Gasteiger partial charge on any atom is 0.268 e. The molecule has 0 spiro atoms. The summed E-state index contributed by atoms with van der Waals surface area (Å²) in [7, 11) is 1.31. The number of aliphatic hydroxyl groups excluding tert-OH is 1. The number of unbranched alkanes of at least 4 members (excludes halogenated alkanes) is 40. The van der Waals surface area contributed by atoms with Crippen LogP contribution >= 0.6 is 7.82 Å². The van der Waals surface area contributed by atoms with Crippen molar-refractivity contribution >= 4 is 13.7 Å². The van der Waals surface area contributed by atoms with Gasteiger partial charge in [-0.1, -0.05) is 270 Å². The number of aliphatic hydroxyl groups is 1. The van der Waals surface area contributed by atoms with Crippen LogP contribution in [0.4, 0.5) is 0 Å². The second-order valence-electron chi connectivity index (χ2n) is 21.7. The number of likely N-dealkylation sites (N-methyl/N-ethyl adjacent to an activating group) is 1. The Hall–Kier alpha value is -0.760. The van der Waals surface area contributed by atoms with Gasteiger partial charge in [-0.15, -0.1) is 0 Å². The number of nitrogens with one attached hydrogen (secondary N) is 1. The highest BCUT2D eigenvalue weighted by Gasteiger charge is 2.24. The van der Waals surface area contributed by atoms with E-state index in [0.29, 0.717) is 23.9 Å². The Morgan fingerprint density at radius 3 is 1.16 bits per heavy atom. The second-order valence-corrected chi connectivity index (χ2v) is 23.1. The molecule has 0 aromatic heterocycles. The highest BCUT2D eigenvalue weighted by atomic mass is 31.2. The number of rotatable bonds is 55. The monoisotopic (exact) mass is 969 g/mol. The summed E-state index contributed by atoms with van der Waals surface area (Å²) in [6.07, 6.45) is 62.3. The van der Waals surface area contributed by atoms with E-state index in [4.69, 9.17) is 9.05 Å². The number of nitrogens with zero attached hydrogens (tertiary/aromatic N) is 1. The Balaban J connectivity index is 3.57. The van der Waals surface area contributed by atoms with Gasteiger partial charge in [0, 0.05) is 6.42 Å². The molecule has 0 bridgehead atoms. The summed E-state index contributed by atoms with van der Waals surface area (Å²) < 4.78 is 23.1. The average molecular weight is 970 g/mol. The average Bonchev–Trinajstić information content (AvgIpc) is 3.29. The summed E-state index contributed by atoms with van der Waals surface area (Å²) in [5.41, 5.74) is 0. The molecular weight excluding hydrogens is 852 g/mol. The van der Waals surface area contributed by atoms with Crippen molar-refractivity contribution in [1.82, 2.24) is 5.32 Å². The summed E-state index contributed by atoms with van der Waals surface area (Å²) in [5, 5.41) is 13.7. The van der Waals surface area contributed by atoms with Crippen molar-refractivity contribution < 1.29 is 32.9 Å². The van der Waals surface area contributed by atoms with Crippen LogP contribution in [-0.4, -0.2) is 68.5 Å². The van der Waals surface area contributed by atoms with Gasteiger partial charge in [0.2, 0.25) is 5.91 Å². The molecule has 3 atom stereocenters. The van der Waals surface area contributed by atoms with Crippen LogP contribution in [0.15, 0.2) is 12.2 Å². The van der Waals surface area contributed by atoms with E-state index in [2.05, 4.69) is 31.3 Å². The maximum absolute atomic E-state index is 12.8. The fourth-order valence-corrected chi connectivity index (χ4v) is 9.82. The van der Waals surface area contributed by atoms with E-state index in [-0.39, 0.29) is 19.1 Å². The summed E-state index contributed by atoms with van der Waals surface area (Å²) in [6.45, 7) is 4.62. The van der Waals surface area contributed by atoms with Crippen LogP contribution in [0.3, 0.4) is 0 Å². The minimum atomic E-state index is -4.54. The van der Waals surface area contributed by atoms with E-state index in [1.165, 1.54) is 231 Å². The SMILES string of the molecule is CCCCCCCCCC/C=C\CCCCCCCCCCCCCCCCCCCCCCCCCCCCCCCC(=O)NC(COP(=O)([O-])OCC[N+](C)(C)C)C(O)CCCCCC. The van der Waals surface area contributed by atoms with Crippen LogP contribution in [0.25, 0.3) is 0 Å². The third-order valence-electron chi connectivity index (χ3n) is 13.8. The molecule has 8 nitrogen and oxygen atoms in total. The van der Waals surface area contributed by atoms with Crippen LogP contribution in [0.2, 0.25) is 0 Å². The number of amides is 1. The first kappa shape index (κ1) is 66.2. The van der Waals surface area contributed by atoms with Crippen LogP contribution in [-0.2, 0) is 18.4 Å². The molecule has 0 heterocycles. The Bertz CT molecular complexity index is 1100. The van der Waals surface area contributed by atoms with Crippen molar-refractivity contribution in [2.24, 2.45) is 0 Å². The number of carbonyl (C=O) groups excluding carboxylic acids is 1. The molecule has 9 heteroatoms. The van der Waals surface area contributed by atoms with Crippen LogP contribution < -0.4 is 10.2 Å². The summed E-state index contributed by atoms with van der Waals surface area (Å²) in [4.78, 5) is 25.1. The van der Waals surface area contributed by atoms with E-state index >= 15 is 0 Å². The largest absolute Gasteiger partial charge is 0.756 e. The van der Waals surface area contributed by atoms with Crippen LogP contribution in [0.5, 0.6) is 0 Å². The van der Waals surface area contributed by atoms with Gasteiger partial charge in [-0.05, 0) is 38.5 Å². The predicted molar refractivity (Wildman–Crippen MR) is 289 cm³/mol.